The molecule has 0 fully saturated rings. The number of rotatable bonds is 2. The van der Waals surface area contributed by atoms with Gasteiger partial charge in [0.25, 0.3) is 11.8 Å². The van der Waals surface area contributed by atoms with Crippen LogP contribution in [0.1, 0.15) is 20.7 Å². The van der Waals surface area contributed by atoms with Crippen molar-refractivity contribution in [2.45, 2.75) is 0 Å². The average molecular weight is 340 g/mol. The molecule has 0 atom stereocenters. The third-order valence-corrected chi connectivity index (χ3v) is 4.44. The van der Waals surface area contributed by atoms with Crippen LogP contribution in [0.5, 0.6) is 0 Å². The predicted molar refractivity (Wildman–Crippen MR) is 97.0 cm³/mol. The summed E-state index contributed by atoms with van der Waals surface area (Å²) in [5.41, 5.74) is 3.38. The molecule has 5 heteroatoms. The standard InChI is InChI=1S/C21H12N2O3/c24-20-15-8-4-5-9-16(15)21(25)23(20)14-10-11-18-17(12-14)22-19(26-18)13-6-2-1-3-7-13/h1-12H. The van der Waals surface area contributed by atoms with Gasteiger partial charge in [-0.2, -0.15) is 0 Å². The quantitative estimate of drug-likeness (QED) is 0.511. The van der Waals surface area contributed by atoms with Crippen molar-refractivity contribution >= 4 is 28.6 Å². The second kappa shape index (κ2) is 5.39. The minimum Gasteiger partial charge on any atom is -0.436 e. The van der Waals surface area contributed by atoms with Crippen molar-refractivity contribution in [2.24, 2.45) is 0 Å². The largest absolute Gasteiger partial charge is 0.436 e. The van der Waals surface area contributed by atoms with E-state index < -0.39 is 0 Å². The molecule has 124 valence electrons. The first-order valence-electron chi connectivity index (χ1n) is 8.16. The number of hydrogen-bond donors (Lipinski definition) is 0. The zero-order valence-corrected chi connectivity index (χ0v) is 13.5. The van der Waals surface area contributed by atoms with E-state index in [4.69, 9.17) is 4.42 Å². The third-order valence-electron chi connectivity index (χ3n) is 4.44. The normalized spacial score (nSPS) is 13.5. The highest BCUT2D eigenvalue weighted by molar-refractivity contribution is 6.34. The number of fused-ring (bicyclic) bond motifs is 2. The molecule has 0 radical (unpaired) electrons. The molecular weight excluding hydrogens is 328 g/mol. The van der Waals surface area contributed by atoms with Gasteiger partial charge >= 0.3 is 0 Å². The van der Waals surface area contributed by atoms with Gasteiger partial charge in [0.1, 0.15) is 5.52 Å². The second-order valence-electron chi connectivity index (χ2n) is 6.03. The van der Waals surface area contributed by atoms with Crippen LogP contribution in [0.3, 0.4) is 0 Å². The highest BCUT2D eigenvalue weighted by Crippen LogP contribution is 2.32. The van der Waals surface area contributed by atoms with Gasteiger partial charge in [-0.15, -0.1) is 0 Å². The Morgan fingerprint density at radius 1 is 0.769 bits per heavy atom. The van der Waals surface area contributed by atoms with Crippen LogP contribution >= 0.6 is 0 Å². The predicted octanol–water partition coefficient (Wildman–Crippen LogP) is 4.30. The molecule has 2 amide bonds. The van der Waals surface area contributed by atoms with Gasteiger partial charge in [-0.3, -0.25) is 9.59 Å². The van der Waals surface area contributed by atoms with Gasteiger partial charge < -0.3 is 4.42 Å². The summed E-state index contributed by atoms with van der Waals surface area (Å²) in [4.78, 5) is 30.9. The Morgan fingerprint density at radius 2 is 1.42 bits per heavy atom. The minimum absolute atomic E-state index is 0.322. The first-order valence-corrected chi connectivity index (χ1v) is 8.16. The lowest BCUT2D eigenvalue weighted by atomic mass is 10.1. The smallest absolute Gasteiger partial charge is 0.266 e. The molecule has 0 unspecified atom stereocenters. The van der Waals surface area contributed by atoms with Crippen LogP contribution in [0, 0.1) is 0 Å². The first-order chi connectivity index (χ1) is 12.7. The molecule has 26 heavy (non-hydrogen) atoms. The minimum atomic E-state index is -0.322. The van der Waals surface area contributed by atoms with Gasteiger partial charge in [0.05, 0.1) is 16.8 Å². The van der Waals surface area contributed by atoms with Crippen LogP contribution in [0.4, 0.5) is 5.69 Å². The fourth-order valence-electron chi connectivity index (χ4n) is 3.18. The first kappa shape index (κ1) is 14.6. The van der Waals surface area contributed by atoms with Crippen LogP contribution in [0.15, 0.2) is 77.2 Å². The monoisotopic (exact) mass is 340 g/mol. The van der Waals surface area contributed by atoms with Crippen molar-refractivity contribution in [3.05, 3.63) is 83.9 Å². The van der Waals surface area contributed by atoms with E-state index in [2.05, 4.69) is 4.98 Å². The van der Waals surface area contributed by atoms with Crippen LogP contribution < -0.4 is 4.90 Å². The van der Waals surface area contributed by atoms with Crippen molar-refractivity contribution in [1.29, 1.82) is 0 Å². The fourth-order valence-corrected chi connectivity index (χ4v) is 3.18. The summed E-state index contributed by atoms with van der Waals surface area (Å²) in [6, 6.07) is 21.5. The lowest BCUT2D eigenvalue weighted by molar-refractivity contribution is 0.0926. The van der Waals surface area contributed by atoms with Gasteiger partial charge in [0.15, 0.2) is 5.58 Å². The Bertz CT molecular complexity index is 1140. The lowest BCUT2D eigenvalue weighted by Crippen LogP contribution is -2.29. The number of anilines is 1. The van der Waals surface area contributed by atoms with Crippen molar-refractivity contribution in [3.8, 4) is 11.5 Å². The second-order valence-corrected chi connectivity index (χ2v) is 6.03. The summed E-state index contributed by atoms with van der Waals surface area (Å²) >= 11 is 0. The maximum absolute atomic E-state index is 12.6. The third kappa shape index (κ3) is 2.07. The van der Waals surface area contributed by atoms with Gasteiger partial charge in [0.2, 0.25) is 5.89 Å². The molecule has 0 saturated heterocycles. The maximum atomic E-state index is 12.6. The molecule has 3 aromatic carbocycles. The Hall–Kier alpha value is -3.73. The maximum Gasteiger partial charge on any atom is 0.266 e. The number of carbonyl (C=O) groups is 2. The molecule has 2 heterocycles. The summed E-state index contributed by atoms with van der Waals surface area (Å²) in [5.74, 6) is -0.145. The van der Waals surface area contributed by atoms with Crippen molar-refractivity contribution in [2.75, 3.05) is 4.90 Å². The number of oxazole rings is 1. The highest BCUT2D eigenvalue weighted by Gasteiger charge is 2.36. The number of amides is 2. The van der Waals surface area contributed by atoms with Crippen LogP contribution in [-0.2, 0) is 0 Å². The van der Waals surface area contributed by atoms with E-state index in [1.165, 1.54) is 4.90 Å². The molecule has 0 spiro atoms. The van der Waals surface area contributed by atoms with E-state index in [1.54, 1.807) is 42.5 Å². The summed E-state index contributed by atoms with van der Waals surface area (Å²) in [5, 5.41) is 0. The Morgan fingerprint density at radius 3 is 2.12 bits per heavy atom. The van der Waals surface area contributed by atoms with E-state index in [0.29, 0.717) is 33.8 Å². The number of carbonyl (C=O) groups excluding carboxylic acids is 2. The molecule has 0 bridgehead atoms. The van der Waals surface area contributed by atoms with Gasteiger partial charge in [-0.05, 0) is 42.5 Å². The average Bonchev–Trinajstić information content (AvgIpc) is 3.22. The summed E-state index contributed by atoms with van der Waals surface area (Å²) < 4.78 is 5.79. The van der Waals surface area contributed by atoms with Crippen LogP contribution in [0.2, 0.25) is 0 Å². The SMILES string of the molecule is O=C1c2ccccc2C(=O)N1c1ccc2oc(-c3ccccc3)nc2c1. The van der Waals surface area contributed by atoms with Crippen LogP contribution in [-0.4, -0.2) is 16.8 Å². The van der Waals surface area contributed by atoms with Crippen molar-refractivity contribution in [3.63, 3.8) is 0 Å². The van der Waals surface area contributed by atoms with E-state index in [-0.39, 0.29) is 11.8 Å². The molecule has 0 saturated carbocycles. The number of benzene rings is 3. The molecular formula is C21H12N2O3. The van der Waals surface area contributed by atoms with Gasteiger partial charge in [-0.25, -0.2) is 9.88 Å². The highest BCUT2D eigenvalue weighted by atomic mass is 16.3. The number of aromatic nitrogens is 1. The molecule has 5 nitrogen and oxygen atoms in total. The molecule has 1 aromatic heterocycles. The molecule has 1 aliphatic heterocycles. The molecule has 0 aliphatic carbocycles. The van der Waals surface area contributed by atoms with Gasteiger partial charge in [0, 0.05) is 5.56 Å². The van der Waals surface area contributed by atoms with E-state index in [9.17, 15) is 9.59 Å². The Labute approximate surface area is 148 Å². The van der Waals surface area contributed by atoms with Crippen molar-refractivity contribution in [1.82, 2.24) is 4.98 Å². The topological polar surface area (TPSA) is 63.4 Å². The fraction of sp³-hybridized carbons (Fsp3) is 0. The van der Waals surface area contributed by atoms with Crippen LogP contribution in [0.25, 0.3) is 22.6 Å². The number of hydrogen-bond acceptors (Lipinski definition) is 4. The van der Waals surface area contributed by atoms with Gasteiger partial charge in [-0.1, -0.05) is 30.3 Å². The Balaban J connectivity index is 1.59. The Kier molecular flexibility index (Phi) is 3.03. The molecule has 4 aromatic rings. The summed E-state index contributed by atoms with van der Waals surface area (Å²) in [7, 11) is 0. The van der Waals surface area contributed by atoms with E-state index in [0.717, 1.165) is 5.56 Å². The molecule has 0 N–H and O–H groups in total. The number of nitrogens with zero attached hydrogens (tertiary/aromatic N) is 2. The van der Waals surface area contributed by atoms with Crippen molar-refractivity contribution < 1.29 is 14.0 Å². The molecule has 5 rings (SSSR count). The van der Waals surface area contributed by atoms with E-state index >= 15 is 0 Å². The number of imide groups is 1. The molecule has 1 aliphatic rings. The summed E-state index contributed by atoms with van der Waals surface area (Å²) in [6.45, 7) is 0. The summed E-state index contributed by atoms with van der Waals surface area (Å²) in [6.07, 6.45) is 0. The zero-order chi connectivity index (χ0) is 17.7. The lowest BCUT2D eigenvalue weighted by Gasteiger charge is -2.13. The zero-order valence-electron chi connectivity index (χ0n) is 13.5. The van der Waals surface area contributed by atoms with E-state index in [1.807, 2.05) is 30.3 Å².